The van der Waals surface area contributed by atoms with Gasteiger partial charge >= 0.3 is 5.97 Å². The number of halogens is 1. The SMILES string of the molecule is C[C@H](NC(=O)COC(=O)CNC(=O)c1cccc(F)c1)c1ccc2c(c1)CCCC2. The van der Waals surface area contributed by atoms with Gasteiger partial charge in [0, 0.05) is 5.56 Å². The predicted molar refractivity (Wildman–Crippen MR) is 109 cm³/mol. The maximum atomic E-state index is 13.1. The minimum absolute atomic E-state index is 0.0967. The molecule has 0 saturated carbocycles. The second-order valence-corrected chi connectivity index (χ2v) is 7.38. The molecule has 1 aliphatic rings. The summed E-state index contributed by atoms with van der Waals surface area (Å²) in [6.07, 6.45) is 4.56. The third kappa shape index (κ3) is 5.89. The van der Waals surface area contributed by atoms with Crippen molar-refractivity contribution in [2.45, 2.75) is 38.6 Å². The molecule has 0 bridgehead atoms. The summed E-state index contributed by atoms with van der Waals surface area (Å²) in [5.74, 6) is -2.33. The van der Waals surface area contributed by atoms with Gasteiger partial charge in [0.1, 0.15) is 12.4 Å². The van der Waals surface area contributed by atoms with Crippen molar-refractivity contribution >= 4 is 17.8 Å². The van der Waals surface area contributed by atoms with Gasteiger partial charge in [-0.1, -0.05) is 24.3 Å². The van der Waals surface area contributed by atoms with E-state index in [1.807, 2.05) is 13.0 Å². The molecule has 2 aromatic carbocycles. The molecular formula is C23H25FN2O4. The van der Waals surface area contributed by atoms with E-state index in [-0.39, 0.29) is 11.6 Å². The van der Waals surface area contributed by atoms with E-state index in [1.165, 1.54) is 42.2 Å². The van der Waals surface area contributed by atoms with E-state index in [4.69, 9.17) is 4.74 Å². The first-order chi connectivity index (χ1) is 14.4. The van der Waals surface area contributed by atoms with E-state index in [1.54, 1.807) is 0 Å². The summed E-state index contributed by atoms with van der Waals surface area (Å²) in [5, 5.41) is 5.14. The Labute approximate surface area is 174 Å². The number of carbonyl (C=O) groups is 3. The number of fused-ring (bicyclic) bond motifs is 1. The van der Waals surface area contributed by atoms with Crippen LogP contribution >= 0.6 is 0 Å². The second kappa shape index (κ2) is 10.0. The Morgan fingerprint density at radius 2 is 1.83 bits per heavy atom. The van der Waals surface area contributed by atoms with E-state index < -0.39 is 36.8 Å². The minimum atomic E-state index is -0.753. The third-order valence-electron chi connectivity index (χ3n) is 5.09. The number of amides is 2. The molecule has 0 unspecified atom stereocenters. The topological polar surface area (TPSA) is 84.5 Å². The number of aryl methyl sites for hydroxylation is 2. The summed E-state index contributed by atoms with van der Waals surface area (Å²) < 4.78 is 18.0. The molecule has 0 aliphatic heterocycles. The van der Waals surface area contributed by atoms with Gasteiger partial charge in [-0.15, -0.1) is 0 Å². The van der Waals surface area contributed by atoms with E-state index in [2.05, 4.69) is 22.8 Å². The summed E-state index contributed by atoms with van der Waals surface area (Å²) in [6, 6.07) is 11.2. The summed E-state index contributed by atoms with van der Waals surface area (Å²) in [7, 11) is 0. The highest BCUT2D eigenvalue weighted by molar-refractivity contribution is 5.96. The number of hydrogen-bond donors (Lipinski definition) is 2. The zero-order valence-corrected chi connectivity index (χ0v) is 16.9. The highest BCUT2D eigenvalue weighted by Crippen LogP contribution is 2.24. The lowest BCUT2D eigenvalue weighted by Crippen LogP contribution is -2.34. The van der Waals surface area contributed by atoms with Crippen molar-refractivity contribution in [1.82, 2.24) is 10.6 Å². The van der Waals surface area contributed by atoms with Gasteiger partial charge in [0.15, 0.2) is 6.61 Å². The number of benzene rings is 2. The van der Waals surface area contributed by atoms with Crippen LogP contribution in [-0.4, -0.2) is 30.9 Å². The molecule has 2 N–H and O–H groups in total. The van der Waals surface area contributed by atoms with Crippen LogP contribution in [0.15, 0.2) is 42.5 Å². The maximum absolute atomic E-state index is 13.1. The Morgan fingerprint density at radius 3 is 2.60 bits per heavy atom. The Morgan fingerprint density at radius 1 is 1.07 bits per heavy atom. The van der Waals surface area contributed by atoms with Crippen LogP contribution in [0.5, 0.6) is 0 Å². The molecular weight excluding hydrogens is 387 g/mol. The number of ether oxygens (including phenoxy) is 1. The summed E-state index contributed by atoms with van der Waals surface area (Å²) in [4.78, 5) is 35.8. The first-order valence-corrected chi connectivity index (χ1v) is 10.0. The van der Waals surface area contributed by atoms with E-state index >= 15 is 0 Å². The molecule has 7 heteroatoms. The first-order valence-electron chi connectivity index (χ1n) is 10.0. The van der Waals surface area contributed by atoms with Gasteiger partial charge in [0.25, 0.3) is 11.8 Å². The molecule has 0 spiro atoms. The lowest BCUT2D eigenvalue weighted by molar-refractivity contribution is -0.147. The van der Waals surface area contributed by atoms with E-state index in [0.717, 1.165) is 24.5 Å². The molecule has 30 heavy (non-hydrogen) atoms. The lowest BCUT2D eigenvalue weighted by atomic mass is 9.89. The van der Waals surface area contributed by atoms with Gasteiger partial charge in [-0.2, -0.15) is 0 Å². The summed E-state index contributed by atoms with van der Waals surface area (Å²) in [6.45, 7) is 1.02. The summed E-state index contributed by atoms with van der Waals surface area (Å²) in [5.41, 5.74) is 3.81. The molecule has 1 atom stereocenters. The Balaban J connectivity index is 1.41. The van der Waals surface area contributed by atoms with Crippen LogP contribution in [0.4, 0.5) is 4.39 Å². The smallest absolute Gasteiger partial charge is 0.325 e. The zero-order chi connectivity index (χ0) is 21.5. The number of carbonyl (C=O) groups excluding carboxylic acids is 3. The predicted octanol–water partition coefficient (Wildman–Crippen LogP) is 2.85. The van der Waals surface area contributed by atoms with Gasteiger partial charge in [-0.05, 0) is 67.5 Å². The fourth-order valence-electron chi connectivity index (χ4n) is 3.47. The van der Waals surface area contributed by atoms with Gasteiger partial charge in [0.2, 0.25) is 0 Å². The molecule has 0 heterocycles. The van der Waals surface area contributed by atoms with Crippen molar-refractivity contribution in [1.29, 1.82) is 0 Å². The Bertz CT molecular complexity index is 945. The van der Waals surface area contributed by atoms with Crippen LogP contribution < -0.4 is 10.6 Å². The molecule has 2 aromatic rings. The highest BCUT2D eigenvalue weighted by atomic mass is 19.1. The molecule has 6 nitrogen and oxygen atoms in total. The van der Waals surface area contributed by atoms with Crippen molar-refractivity contribution in [2.24, 2.45) is 0 Å². The van der Waals surface area contributed by atoms with Crippen LogP contribution in [0.2, 0.25) is 0 Å². The number of rotatable bonds is 7. The van der Waals surface area contributed by atoms with Crippen LogP contribution in [0.25, 0.3) is 0 Å². The third-order valence-corrected chi connectivity index (χ3v) is 5.09. The van der Waals surface area contributed by atoms with Crippen molar-refractivity contribution in [3.05, 3.63) is 70.5 Å². The number of hydrogen-bond acceptors (Lipinski definition) is 4. The van der Waals surface area contributed by atoms with Crippen LogP contribution in [0, 0.1) is 5.82 Å². The molecule has 0 aromatic heterocycles. The number of nitrogens with one attached hydrogen (secondary N) is 2. The monoisotopic (exact) mass is 412 g/mol. The fourth-order valence-corrected chi connectivity index (χ4v) is 3.47. The summed E-state index contributed by atoms with van der Waals surface area (Å²) >= 11 is 0. The van der Waals surface area contributed by atoms with Crippen molar-refractivity contribution < 1.29 is 23.5 Å². The van der Waals surface area contributed by atoms with Crippen molar-refractivity contribution in [3.63, 3.8) is 0 Å². The average molecular weight is 412 g/mol. The maximum Gasteiger partial charge on any atom is 0.325 e. The first kappa shape index (κ1) is 21.5. The van der Waals surface area contributed by atoms with Crippen molar-refractivity contribution in [3.8, 4) is 0 Å². The van der Waals surface area contributed by atoms with Crippen LogP contribution in [0.3, 0.4) is 0 Å². The highest BCUT2D eigenvalue weighted by Gasteiger charge is 2.16. The van der Waals surface area contributed by atoms with Crippen LogP contribution in [-0.2, 0) is 27.2 Å². The molecule has 0 saturated heterocycles. The molecule has 0 fully saturated rings. The lowest BCUT2D eigenvalue weighted by Gasteiger charge is -2.20. The average Bonchev–Trinajstić information content (AvgIpc) is 2.75. The van der Waals surface area contributed by atoms with E-state index in [9.17, 15) is 18.8 Å². The normalized spacial score (nSPS) is 13.7. The van der Waals surface area contributed by atoms with Crippen LogP contribution in [0.1, 0.15) is 52.9 Å². The molecule has 3 rings (SSSR count). The standard InChI is InChI=1S/C23H25FN2O4/c1-15(17-10-9-16-5-2-3-6-18(16)11-17)26-21(27)14-30-22(28)13-25-23(29)19-7-4-8-20(24)12-19/h4,7-12,15H,2-3,5-6,13-14H2,1H3,(H,25,29)(H,26,27)/t15-/m0/s1. The van der Waals surface area contributed by atoms with Gasteiger partial charge < -0.3 is 15.4 Å². The quantitative estimate of drug-likeness (QED) is 0.685. The molecule has 158 valence electrons. The number of esters is 1. The Hall–Kier alpha value is -3.22. The second-order valence-electron chi connectivity index (χ2n) is 7.38. The van der Waals surface area contributed by atoms with Gasteiger partial charge in [-0.3, -0.25) is 14.4 Å². The van der Waals surface area contributed by atoms with E-state index in [0.29, 0.717) is 0 Å². The molecule has 2 amide bonds. The fraction of sp³-hybridized carbons (Fsp3) is 0.348. The zero-order valence-electron chi connectivity index (χ0n) is 16.9. The molecule has 1 aliphatic carbocycles. The minimum Gasteiger partial charge on any atom is -0.454 e. The van der Waals surface area contributed by atoms with Crippen molar-refractivity contribution in [2.75, 3.05) is 13.2 Å². The molecule has 0 radical (unpaired) electrons. The van der Waals surface area contributed by atoms with Gasteiger partial charge in [-0.25, -0.2) is 4.39 Å². The Kier molecular flexibility index (Phi) is 7.17. The largest absolute Gasteiger partial charge is 0.454 e. The van der Waals surface area contributed by atoms with Gasteiger partial charge in [0.05, 0.1) is 6.04 Å².